The van der Waals surface area contributed by atoms with E-state index in [0.717, 1.165) is 5.56 Å². The quantitative estimate of drug-likeness (QED) is 0.441. The minimum atomic E-state index is -0.390. The number of halogens is 1. The van der Waals surface area contributed by atoms with Crippen molar-refractivity contribution in [2.45, 2.75) is 13.3 Å². The van der Waals surface area contributed by atoms with E-state index in [1.54, 1.807) is 18.2 Å². The van der Waals surface area contributed by atoms with E-state index >= 15 is 0 Å². The van der Waals surface area contributed by atoms with Gasteiger partial charge >= 0.3 is 5.97 Å². The van der Waals surface area contributed by atoms with E-state index in [1.807, 2.05) is 37.3 Å². The van der Waals surface area contributed by atoms with Crippen molar-refractivity contribution in [3.05, 3.63) is 82.7 Å². The fourth-order valence-corrected chi connectivity index (χ4v) is 4.07. The first-order chi connectivity index (χ1) is 14.1. The first kappa shape index (κ1) is 19.0. The van der Waals surface area contributed by atoms with Gasteiger partial charge in [0.1, 0.15) is 27.7 Å². The second kappa shape index (κ2) is 8.36. The van der Waals surface area contributed by atoms with Crippen LogP contribution in [0, 0.1) is 12.7 Å². The smallest absolute Gasteiger partial charge is 0.348 e. The Morgan fingerprint density at radius 3 is 2.66 bits per heavy atom. The summed E-state index contributed by atoms with van der Waals surface area (Å²) in [5.41, 5.74) is 2.13. The summed E-state index contributed by atoms with van der Waals surface area (Å²) in [7, 11) is 0. The molecular formula is C22H18FN3O2S. The number of ether oxygens (including phenoxy) is 1. The van der Waals surface area contributed by atoms with E-state index in [0.29, 0.717) is 45.2 Å². The first-order valence-electron chi connectivity index (χ1n) is 9.10. The molecule has 29 heavy (non-hydrogen) atoms. The number of nitrogens with one attached hydrogen (secondary N) is 1. The SMILES string of the molecule is Cc1c(C(=O)OCCc2ccccc2)sc2ncnc(Nc3ccccc3F)c12. The molecule has 0 unspecified atom stereocenters. The van der Waals surface area contributed by atoms with Crippen LogP contribution < -0.4 is 5.32 Å². The molecule has 0 saturated carbocycles. The topological polar surface area (TPSA) is 64.1 Å². The Bertz CT molecular complexity index is 1160. The molecule has 2 aromatic carbocycles. The molecule has 2 heterocycles. The number of thiophene rings is 1. The Balaban J connectivity index is 1.56. The summed E-state index contributed by atoms with van der Waals surface area (Å²) in [5, 5.41) is 3.69. The highest BCUT2D eigenvalue weighted by molar-refractivity contribution is 7.20. The minimum Gasteiger partial charge on any atom is -0.461 e. The molecule has 0 spiro atoms. The number of hydrogen-bond acceptors (Lipinski definition) is 6. The molecule has 4 rings (SSSR count). The average molecular weight is 407 g/mol. The number of rotatable bonds is 6. The predicted octanol–water partition coefficient (Wildman–Crippen LogP) is 5.28. The van der Waals surface area contributed by atoms with Gasteiger partial charge < -0.3 is 10.1 Å². The van der Waals surface area contributed by atoms with Gasteiger partial charge in [-0.15, -0.1) is 11.3 Å². The molecular weight excluding hydrogens is 389 g/mol. The van der Waals surface area contributed by atoms with Crippen LogP contribution in [0.3, 0.4) is 0 Å². The molecule has 0 atom stereocenters. The predicted molar refractivity (Wildman–Crippen MR) is 112 cm³/mol. The molecule has 0 aliphatic carbocycles. The summed E-state index contributed by atoms with van der Waals surface area (Å²) in [5.74, 6) is -0.317. The number of fused-ring (bicyclic) bond motifs is 1. The zero-order valence-electron chi connectivity index (χ0n) is 15.7. The third kappa shape index (κ3) is 4.09. The van der Waals surface area contributed by atoms with Gasteiger partial charge in [0.25, 0.3) is 0 Å². The Kier molecular flexibility index (Phi) is 5.48. The number of esters is 1. The Labute approximate surface area is 171 Å². The number of benzene rings is 2. The molecule has 0 amide bonds. The maximum Gasteiger partial charge on any atom is 0.348 e. The molecule has 0 radical (unpaired) electrons. The van der Waals surface area contributed by atoms with E-state index < -0.39 is 5.97 Å². The molecule has 0 aliphatic heterocycles. The van der Waals surface area contributed by atoms with E-state index in [-0.39, 0.29) is 5.82 Å². The van der Waals surface area contributed by atoms with Crippen molar-refractivity contribution < 1.29 is 13.9 Å². The third-order valence-corrected chi connectivity index (χ3v) is 5.69. The summed E-state index contributed by atoms with van der Waals surface area (Å²) in [4.78, 5) is 22.2. The normalized spacial score (nSPS) is 10.8. The number of hydrogen-bond donors (Lipinski definition) is 1. The van der Waals surface area contributed by atoms with Gasteiger partial charge in [-0.05, 0) is 30.2 Å². The fraction of sp³-hybridized carbons (Fsp3) is 0.136. The van der Waals surface area contributed by atoms with E-state index in [9.17, 15) is 9.18 Å². The lowest BCUT2D eigenvalue weighted by atomic mass is 10.2. The van der Waals surface area contributed by atoms with Gasteiger partial charge in [0, 0.05) is 6.42 Å². The largest absolute Gasteiger partial charge is 0.461 e. The van der Waals surface area contributed by atoms with Gasteiger partial charge in [-0.25, -0.2) is 19.2 Å². The number of carbonyl (C=O) groups excluding carboxylic acids is 1. The van der Waals surface area contributed by atoms with Crippen LogP contribution in [0.1, 0.15) is 20.8 Å². The minimum absolute atomic E-state index is 0.294. The molecule has 0 fully saturated rings. The van der Waals surface area contributed by atoms with Crippen LogP contribution in [0.5, 0.6) is 0 Å². The second-order valence-electron chi connectivity index (χ2n) is 6.43. The monoisotopic (exact) mass is 407 g/mol. The summed E-state index contributed by atoms with van der Waals surface area (Å²) in [6, 6.07) is 16.2. The maximum atomic E-state index is 14.0. The highest BCUT2D eigenvalue weighted by Gasteiger charge is 2.21. The molecule has 1 N–H and O–H groups in total. The lowest BCUT2D eigenvalue weighted by Crippen LogP contribution is -2.07. The van der Waals surface area contributed by atoms with Crippen molar-refractivity contribution in [3.63, 3.8) is 0 Å². The summed E-state index contributed by atoms with van der Waals surface area (Å²) < 4.78 is 19.5. The summed E-state index contributed by atoms with van der Waals surface area (Å²) in [6.07, 6.45) is 2.04. The average Bonchev–Trinajstić information content (AvgIpc) is 3.08. The van der Waals surface area contributed by atoms with Crippen LogP contribution in [-0.4, -0.2) is 22.5 Å². The van der Waals surface area contributed by atoms with Gasteiger partial charge in [0.15, 0.2) is 0 Å². The molecule has 7 heteroatoms. The molecule has 0 saturated heterocycles. The van der Waals surface area contributed by atoms with E-state index in [1.165, 1.54) is 23.7 Å². The van der Waals surface area contributed by atoms with Gasteiger partial charge in [0.05, 0.1) is 17.7 Å². The number of carbonyl (C=O) groups is 1. The van der Waals surface area contributed by atoms with E-state index in [2.05, 4.69) is 15.3 Å². The first-order valence-corrected chi connectivity index (χ1v) is 9.92. The van der Waals surface area contributed by atoms with Gasteiger partial charge in [-0.2, -0.15) is 0 Å². The van der Waals surface area contributed by atoms with Gasteiger partial charge in [-0.1, -0.05) is 42.5 Å². The molecule has 0 bridgehead atoms. The van der Waals surface area contributed by atoms with Crippen LogP contribution in [0.2, 0.25) is 0 Å². The van der Waals surface area contributed by atoms with Gasteiger partial charge in [0.2, 0.25) is 0 Å². The summed E-state index contributed by atoms with van der Waals surface area (Å²) >= 11 is 1.25. The molecule has 2 aromatic heterocycles. The van der Waals surface area contributed by atoms with Crippen molar-refractivity contribution in [3.8, 4) is 0 Å². The third-order valence-electron chi connectivity index (χ3n) is 4.51. The summed E-state index contributed by atoms with van der Waals surface area (Å²) in [6.45, 7) is 2.12. The number of nitrogens with zero attached hydrogens (tertiary/aromatic N) is 2. The maximum absolute atomic E-state index is 14.0. The lowest BCUT2D eigenvalue weighted by molar-refractivity contribution is 0.0514. The molecule has 0 aliphatic rings. The highest BCUT2D eigenvalue weighted by Crippen LogP contribution is 2.35. The number of aryl methyl sites for hydroxylation is 1. The zero-order chi connectivity index (χ0) is 20.2. The zero-order valence-corrected chi connectivity index (χ0v) is 16.5. The second-order valence-corrected chi connectivity index (χ2v) is 7.43. The Morgan fingerprint density at radius 2 is 1.86 bits per heavy atom. The van der Waals surface area contributed by atoms with Gasteiger partial charge in [-0.3, -0.25) is 0 Å². The number of anilines is 2. The van der Waals surface area contributed by atoms with Crippen molar-refractivity contribution in [2.75, 3.05) is 11.9 Å². The van der Waals surface area contributed by atoms with Crippen LogP contribution in [0.25, 0.3) is 10.2 Å². The Morgan fingerprint density at radius 1 is 1.10 bits per heavy atom. The van der Waals surface area contributed by atoms with Crippen molar-refractivity contribution >= 4 is 39.0 Å². The molecule has 5 nitrogen and oxygen atoms in total. The lowest BCUT2D eigenvalue weighted by Gasteiger charge is -2.08. The van der Waals surface area contributed by atoms with Crippen LogP contribution in [0.15, 0.2) is 60.9 Å². The fourth-order valence-electron chi connectivity index (χ4n) is 3.02. The van der Waals surface area contributed by atoms with Crippen molar-refractivity contribution in [1.82, 2.24) is 9.97 Å². The molecule has 146 valence electrons. The van der Waals surface area contributed by atoms with Crippen LogP contribution in [0.4, 0.5) is 15.9 Å². The van der Waals surface area contributed by atoms with Crippen LogP contribution in [-0.2, 0) is 11.2 Å². The van der Waals surface area contributed by atoms with Crippen molar-refractivity contribution in [1.29, 1.82) is 0 Å². The highest BCUT2D eigenvalue weighted by atomic mass is 32.1. The Hall–Kier alpha value is -3.32. The number of aromatic nitrogens is 2. The van der Waals surface area contributed by atoms with Crippen LogP contribution >= 0.6 is 11.3 Å². The standard InChI is InChI=1S/C22H18FN3O2S/c1-14-18-20(26-17-10-6-5-9-16(17)23)24-13-25-21(18)29-19(14)22(27)28-12-11-15-7-3-2-4-8-15/h2-10,13H,11-12H2,1H3,(H,24,25,26). The van der Waals surface area contributed by atoms with Crippen molar-refractivity contribution in [2.24, 2.45) is 0 Å². The molecule has 4 aromatic rings. The van der Waals surface area contributed by atoms with E-state index in [4.69, 9.17) is 4.74 Å². The number of para-hydroxylation sites is 1.